The van der Waals surface area contributed by atoms with E-state index in [1.54, 1.807) is 18.2 Å². The molecule has 0 radical (unpaired) electrons. The average molecular weight is 246 g/mol. The molecular formula is C14H18N2O2. The number of rotatable bonds is 3. The minimum Gasteiger partial charge on any atom is -0.507 e. The highest BCUT2D eigenvalue weighted by atomic mass is 16.3. The first-order chi connectivity index (χ1) is 8.66. The van der Waals surface area contributed by atoms with Crippen molar-refractivity contribution in [3.8, 4) is 5.75 Å². The lowest BCUT2D eigenvalue weighted by molar-refractivity contribution is 0.0934. The Balaban J connectivity index is 1.93. The van der Waals surface area contributed by atoms with Crippen LogP contribution < -0.4 is 10.9 Å². The lowest BCUT2D eigenvalue weighted by Crippen LogP contribution is -2.37. The Morgan fingerprint density at radius 1 is 1.39 bits per heavy atom. The summed E-state index contributed by atoms with van der Waals surface area (Å²) in [5.41, 5.74) is 6.85. The van der Waals surface area contributed by atoms with E-state index in [-0.39, 0.29) is 17.2 Å². The van der Waals surface area contributed by atoms with Crippen molar-refractivity contribution in [2.24, 2.45) is 5.92 Å². The van der Waals surface area contributed by atoms with Gasteiger partial charge in [-0.25, -0.2) is 0 Å². The van der Waals surface area contributed by atoms with Crippen LogP contribution in [0.2, 0.25) is 0 Å². The summed E-state index contributed by atoms with van der Waals surface area (Å²) in [5, 5.41) is 9.56. The van der Waals surface area contributed by atoms with Gasteiger partial charge in [0.05, 0.1) is 5.56 Å². The number of hydrazine groups is 1. The zero-order valence-corrected chi connectivity index (χ0v) is 10.4. The number of phenolic OH excluding ortho intramolecular Hbond substituents is 1. The molecule has 1 aliphatic rings. The Morgan fingerprint density at radius 2 is 2.17 bits per heavy atom. The number of benzene rings is 1. The monoisotopic (exact) mass is 246 g/mol. The van der Waals surface area contributed by atoms with E-state index in [9.17, 15) is 9.90 Å². The fraction of sp³-hybridized carbons (Fsp3) is 0.357. The van der Waals surface area contributed by atoms with Crippen molar-refractivity contribution in [2.45, 2.75) is 26.2 Å². The van der Waals surface area contributed by atoms with Gasteiger partial charge in [-0.15, -0.1) is 0 Å². The maximum atomic E-state index is 11.8. The van der Waals surface area contributed by atoms with E-state index in [1.165, 1.54) is 12.5 Å². The highest BCUT2D eigenvalue weighted by molar-refractivity contribution is 5.96. The third-order valence-corrected chi connectivity index (χ3v) is 3.10. The first-order valence-corrected chi connectivity index (χ1v) is 6.20. The molecule has 18 heavy (non-hydrogen) atoms. The van der Waals surface area contributed by atoms with Gasteiger partial charge in [-0.1, -0.05) is 25.1 Å². The van der Waals surface area contributed by atoms with Gasteiger partial charge >= 0.3 is 0 Å². The second kappa shape index (κ2) is 5.58. The van der Waals surface area contributed by atoms with Gasteiger partial charge in [0.15, 0.2) is 0 Å². The molecule has 1 aromatic rings. The van der Waals surface area contributed by atoms with Crippen LogP contribution in [0.3, 0.4) is 0 Å². The maximum Gasteiger partial charge on any atom is 0.273 e. The standard InChI is InChI=1S/C14H18N2O2/c1-10-5-4-6-11(9-10)15-16-14(18)12-7-2-3-8-13(12)17/h2-3,6-8,10,15,17H,4-5,9H2,1H3,(H,16,18). The topological polar surface area (TPSA) is 61.4 Å². The molecule has 1 aliphatic carbocycles. The van der Waals surface area contributed by atoms with Crippen LogP contribution in [0, 0.1) is 5.92 Å². The largest absolute Gasteiger partial charge is 0.507 e. The number of hydrogen-bond donors (Lipinski definition) is 3. The number of amides is 1. The first kappa shape index (κ1) is 12.5. The third-order valence-electron chi connectivity index (χ3n) is 3.10. The normalized spacial score (nSPS) is 18.9. The van der Waals surface area contributed by atoms with Crippen molar-refractivity contribution >= 4 is 5.91 Å². The lowest BCUT2D eigenvalue weighted by atomic mass is 9.94. The minimum absolute atomic E-state index is 0.0113. The third kappa shape index (κ3) is 3.03. The van der Waals surface area contributed by atoms with Crippen molar-refractivity contribution in [3.05, 3.63) is 41.6 Å². The Morgan fingerprint density at radius 3 is 2.89 bits per heavy atom. The predicted molar refractivity (Wildman–Crippen MR) is 69.8 cm³/mol. The van der Waals surface area contributed by atoms with Gasteiger partial charge in [-0.2, -0.15) is 0 Å². The van der Waals surface area contributed by atoms with Gasteiger partial charge in [0, 0.05) is 5.70 Å². The van der Waals surface area contributed by atoms with E-state index in [1.807, 2.05) is 0 Å². The maximum absolute atomic E-state index is 11.8. The van der Waals surface area contributed by atoms with E-state index >= 15 is 0 Å². The molecule has 2 rings (SSSR count). The van der Waals surface area contributed by atoms with E-state index < -0.39 is 0 Å². The van der Waals surface area contributed by atoms with Crippen LogP contribution in [-0.4, -0.2) is 11.0 Å². The van der Waals surface area contributed by atoms with E-state index in [4.69, 9.17) is 0 Å². The first-order valence-electron chi connectivity index (χ1n) is 6.20. The Kier molecular flexibility index (Phi) is 3.87. The number of hydrogen-bond acceptors (Lipinski definition) is 3. The molecule has 0 aromatic heterocycles. The molecule has 1 unspecified atom stereocenters. The van der Waals surface area contributed by atoms with Crippen molar-refractivity contribution in [3.63, 3.8) is 0 Å². The summed E-state index contributed by atoms with van der Waals surface area (Å²) >= 11 is 0. The molecule has 4 nitrogen and oxygen atoms in total. The molecule has 0 fully saturated rings. The fourth-order valence-electron chi connectivity index (χ4n) is 2.07. The summed E-state index contributed by atoms with van der Waals surface area (Å²) in [6, 6.07) is 6.49. The van der Waals surface area contributed by atoms with E-state index in [0.717, 1.165) is 18.5 Å². The number of carbonyl (C=O) groups excluding carboxylic acids is 1. The average Bonchev–Trinajstić information content (AvgIpc) is 2.37. The van der Waals surface area contributed by atoms with Crippen LogP contribution >= 0.6 is 0 Å². The van der Waals surface area contributed by atoms with Crippen molar-refractivity contribution in [2.75, 3.05) is 0 Å². The zero-order chi connectivity index (χ0) is 13.0. The van der Waals surface area contributed by atoms with E-state index in [2.05, 4.69) is 23.9 Å². The number of carbonyl (C=O) groups is 1. The van der Waals surface area contributed by atoms with Crippen LogP contribution in [0.4, 0.5) is 0 Å². The number of nitrogens with one attached hydrogen (secondary N) is 2. The highest BCUT2D eigenvalue weighted by Crippen LogP contribution is 2.21. The molecule has 1 aromatic carbocycles. The highest BCUT2D eigenvalue weighted by Gasteiger charge is 2.13. The summed E-state index contributed by atoms with van der Waals surface area (Å²) in [6.45, 7) is 2.19. The number of phenols is 1. The van der Waals surface area contributed by atoms with Gasteiger partial charge < -0.3 is 10.5 Å². The van der Waals surface area contributed by atoms with Crippen molar-refractivity contribution < 1.29 is 9.90 Å². The molecule has 0 heterocycles. The Hall–Kier alpha value is -1.97. The second-order valence-electron chi connectivity index (χ2n) is 4.71. The lowest BCUT2D eigenvalue weighted by Gasteiger charge is -2.20. The van der Waals surface area contributed by atoms with Crippen molar-refractivity contribution in [1.29, 1.82) is 0 Å². The number of aromatic hydroxyl groups is 1. The molecule has 0 bridgehead atoms. The fourth-order valence-corrected chi connectivity index (χ4v) is 2.07. The van der Waals surface area contributed by atoms with Gasteiger partial charge in [0.1, 0.15) is 5.75 Å². The summed E-state index contributed by atoms with van der Waals surface area (Å²) in [6.07, 6.45) is 5.28. The molecular weight excluding hydrogens is 228 g/mol. The Bertz CT molecular complexity index is 469. The SMILES string of the molecule is CC1CCC=C(NNC(=O)c2ccccc2O)C1. The molecule has 1 atom stereocenters. The van der Waals surface area contributed by atoms with Crippen molar-refractivity contribution in [1.82, 2.24) is 10.9 Å². The summed E-state index contributed by atoms with van der Waals surface area (Å²) < 4.78 is 0. The van der Waals surface area contributed by atoms with Gasteiger partial charge in [0.2, 0.25) is 0 Å². The summed E-state index contributed by atoms with van der Waals surface area (Å²) in [4.78, 5) is 11.8. The van der Waals surface area contributed by atoms with Gasteiger partial charge in [-0.3, -0.25) is 10.2 Å². The zero-order valence-electron chi connectivity index (χ0n) is 10.4. The molecule has 3 N–H and O–H groups in total. The predicted octanol–water partition coefficient (Wildman–Crippen LogP) is 2.33. The molecule has 1 amide bonds. The summed E-state index contributed by atoms with van der Waals surface area (Å²) in [7, 11) is 0. The Labute approximate surface area is 107 Å². The van der Waals surface area contributed by atoms with Crippen LogP contribution in [0.15, 0.2) is 36.0 Å². The van der Waals surface area contributed by atoms with Gasteiger partial charge in [-0.05, 0) is 37.3 Å². The summed E-state index contributed by atoms with van der Waals surface area (Å²) in [5.74, 6) is 0.301. The molecule has 0 aliphatic heterocycles. The quantitative estimate of drug-likeness (QED) is 0.717. The molecule has 0 saturated heterocycles. The number of para-hydroxylation sites is 1. The van der Waals surface area contributed by atoms with Gasteiger partial charge in [0.25, 0.3) is 5.91 Å². The van der Waals surface area contributed by atoms with Crippen LogP contribution in [0.25, 0.3) is 0 Å². The van der Waals surface area contributed by atoms with Crippen LogP contribution in [0.1, 0.15) is 36.5 Å². The smallest absolute Gasteiger partial charge is 0.273 e. The molecule has 96 valence electrons. The minimum atomic E-state index is -0.327. The number of allylic oxidation sites excluding steroid dienone is 2. The second-order valence-corrected chi connectivity index (χ2v) is 4.71. The van der Waals surface area contributed by atoms with E-state index in [0.29, 0.717) is 5.92 Å². The molecule has 0 saturated carbocycles. The van der Waals surface area contributed by atoms with Crippen LogP contribution in [-0.2, 0) is 0 Å². The molecule has 0 spiro atoms. The van der Waals surface area contributed by atoms with Crippen LogP contribution in [0.5, 0.6) is 5.75 Å². The molecule has 4 heteroatoms.